The molecule has 1 heterocycles. The number of carbonyl (C=O) groups is 1. The Hall–Kier alpha value is -3.01. The summed E-state index contributed by atoms with van der Waals surface area (Å²) >= 11 is 7.50. The van der Waals surface area contributed by atoms with Gasteiger partial charge in [-0.05, 0) is 65.4 Å². The third-order valence-electron chi connectivity index (χ3n) is 6.39. The second kappa shape index (κ2) is 12.4. The van der Waals surface area contributed by atoms with Crippen molar-refractivity contribution in [2.75, 3.05) is 19.0 Å². The van der Waals surface area contributed by atoms with Crippen molar-refractivity contribution in [3.05, 3.63) is 99.7 Å². The average molecular weight is 579 g/mol. The first-order valence-corrected chi connectivity index (χ1v) is 13.7. The first-order chi connectivity index (χ1) is 18.6. The molecule has 0 aliphatic heterocycles. The molecular formula is C29H27ClF4N2O2S. The van der Waals surface area contributed by atoms with Crippen LogP contribution in [0.3, 0.4) is 0 Å². The van der Waals surface area contributed by atoms with Gasteiger partial charge < -0.3 is 15.0 Å². The first kappa shape index (κ1) is 29.0. The van der Waals surface area contributed by atoms with Crippen molar-refractivity contribution in [3.8, 4) is 0 Å². The summed E-state index contributed by atoms with van der Waals surface area (Å²) in [7, 11) is 0. The highest BCUT2D eigenvalue weighted by molar-refractivity contribution is 7.99. The standard InChI is InChI=1S/C29H27ClF4N2O2S/c1-2-39-24-8-4-18(5-9-24)26(17-37)35-28(38)20-6-10-27-21(13-20)15-23(36(27)12-11-31)14-19-3-7-22(30)16-25(19)29(32,33)34/h3-10,13,15-16,26,37H,2,11-12,14,17H2,1H3,(H,35,38)/t26-/m1/s1. The molecule has 0 bridgehead atoms. The lowest BCUT2D eigenvalue weighted by Crippen LogP contribution is -2.30. The minimum absolute atomic E-state index is 0.0157. The number of benzene rings is 3. The first-order valence-electron chi connectivity index (χ1n) is 12.3. The van der Waals surface area contributed by atoms with Gasteiger partial charge >= 0.3 is 6.18 Å². The van der Waals surface area contributed by atoms with Crippen LogP contribution in [0.1, 0.15) is 45.7 Å². The summed E-state index contributed by atoms with van der Waals surface area (Å²) in [6.07, 6.45) is -4.69. The fraction of sp³-hybridized carbons (Fsp3) is 0.276. The van der Waals surface area contributed by atoms with E-state index >= 15 is 0 Å². The van der Waals surface area contributed by atoms with Crippen molar-refractivity contribution in [1.82, 2.24) is 9.88 Å². The quantitative estimate of drug-likeness (QED) is 0.152. The predicted octanol–water partition coefficient (Wildman–Crippen LogP) is 7.45. The van der Waals surface area contributed by atoms with E-state index in [0.717, 1.165) is 22.3 Å². The summed E-state index contributed by atoms with van der Waals surface area (Å²) in [4.78, 5) is 14.2. The summed E-state index contributed by atoms with van der Waals surface area (Å²) in [5, 5.41) is 13.3. The van der Waals surface area contributed by atoms with E-state index < -0.39 is 30.4 Å². The van der Waals surface area contributed by atoms with Gasteiger partial charge in [-0.25, -0.2) is 4.39 Å². The highest BCUT2D eigenvalue weighted by Crippen LogP contribution is 2.35. The topological polar surface area (TPSA) is 54.3 Å². The third kappa shape index (κ3) is 6.77. The molecule has 0 aliphatic rings. The summed E-state index contributed by atoms with van der Waals surface area (Å²) in [6, 6.07) is 17.1. The monoisotopic (exact) mass is 578 g/mol. The molecule has 1 aromatic heterocycles. The Morgan fingerprint density at radius 1 is 1.08 bits per heavy atom. The molecule has 2 N–H and O–H groups in total. The number of halogens is 5. The lowest BCUT2D eigenvalue weighted by molar-refractivity contribution is -0.138. The van der Waals surface area contributed by atoms with E-state index in [2.05, 4.69) is 12.2 Å². The lowest BCUT2D eigenvalue weighted by Gasteiger charge is -2.17. The number of thioether (sulfide) groups is 1. The number of aliphatic hydroxyl groups excluding tert-OH is 1. The van der Waals surface area contributed by atoms with Gasteiger partial charge in [0, 0.05) is 38.5 Å². The molecule has 10 heteroatoms. The molecule has 0 saturated carbocycles. The Bertz CT molecular complexity index is 1450. The van der Waals surface area contributed by atoms with Crippen LogP contribution in [-0.4, -0.2) is 34.6 Å². The van der Waals surface area contributed by atoms with Crippen LogP contribution >= 0.6 is 23.4 Å². The molecule has 0 aliphatic carbocycles. The van der Waals surface area contributed by atoms with E-state index in [1.807, 2.05) is 24.3 Å². The zero-order valence-electron chi connectivity index (χ0n) is 21.1. The van der Waals surface area contributed by atoms with Gasteiger partial charge in [0.15, 0.2) is 0 Å². The van der Waals surface area contributed by atoms with Gasteiger partial charge in [0.2, 0.25) is 0 Å². The fourth-order valence-corrected chi connectivity index (χ4v) is 5.40. The van der Waals surface area contributed by atoms with Crippen LogP contribution in [0.5, 0.6) is 0 Å². The molecule has 1 amide bonds. The molecule has 4 aromatic rings. The zero-order chi connectivity index (χ0) is 28.2. The van der Waals surface area contributed by atoms with Crippen LogP contribution in [0.15, 0.2) is 71.6 Å². The zero-order valence-corrected chi connectivity index (χ0v) is 22.6. The molecule has 3 aromatic carbocycles. The Labute approximate surface area is 233 Å². The molecule has 0 spiro atoms. The smallest absolute Gasteiger partial charge is 0.394 e. The maximum Gasteiger partial charge on any atom is 0.416 e. The number of aromatic nitrogens is 1. The molecule has 4 nitrogen and oxygen atoms in total. The fourth-order valence-electron chi connectivity index (χ4n) is 4.57. The van der Waals surface area contributed by atoms with Crippen molar-refractivity contribution >= 4 is 40.2 Å². The second-order valence-electron chi connectivity index (χ2n) is 8.94. The molecule has 39 heavy (non-hydrogen) atoms. The summed E-state index contributed by atoms with van der Waals surface area (Å²) in [5.74, 6) is 0.514. The molecule has 1 atom stereocenters. The van der Waals surface area contributed by atoms with Crippen LogP contribution in [0.25, 0.3) is 10.9 Å². The number of hydrogen-bond acceptors (Lipinski definition) is 3. The Morgan fingerprint density at radius 2 is 1.82 bits per heavy atom. The van der Waals surface area contributed by atoms with E-state index in [0.29, 0.717) is 22.2 Å². The summed E-state index contributed by atoms with van der Waals surface area (Å²) in [5.41, 5.74) is 1.32. The molecule has 206 valence electrons. The van der Waals surface area contributed by atoms with Gasteiger partial charge in [-0.3, -0.25) is 4.79 Å². The van der Waals surface area contributed by atoms with Crippen LogP contribution < -0.4 is 5.32 Å². The van der Waals surface area contributed by atoms with Crippen molar-refractivity contribution in [1.29, 1.82) is 0 Å². The second-order valence-corrected chi connectivity index (χ2v) is 10.7. The average Bonchev–Trinajstić information content (AvgIpc) is 3.24. The number of aryl methyl sites for hydroxylation is 1. The van der Waals surface area contributed by atoms with E-state index in [9.17, 15) is 27.5 Å². The van der Waals surface area contributed by atoms with Gasteiger partial charge in [0.25, 0.3) is 5.91 Å². The normalized spacial score (nSPS) is 12.6. The van der Waals surface area contributed by atoms with Crippen LogP contribution in [0.4, 0.5) is 17.6 Å². The number of nitrogens with zero attached hydrogens (tertiary/aromatic N) is 1. The predicted molar refractivity (Wildman–Crippen MR) is 147 cm³/mol. The highest BCUT2D eigenvalue weighted by Gasteiger charge is 2.33. The third-order valence-corrected chi connectivity index (χ3v) is 7.52. The van der Waals surface area contributed by atoms with Crippen LogP contribution in [-0.2, 0) is 19.1 Å². The summed E-state index contributed by atoms with van der Waals surface area (Å²) < 4.78 is 56.0. The van der Waals surface area contributed by atoms with Crippen molar-refractivity contribution in [2.45, 2.75) is 37.0 Å². The Kier molecular flexibility index (Phi) is 9.25. The van der Waals surface area contributed by atoms with Gasteiger partial charge in [0.05, 0.1) is 24.8 Å². The number of rotatable bonds is 10. The molecular weight excluding hydrogens is 552 g/mol. The Balaban J connectivity index is 1.62. The Morgan fingerprint density at radius 3 is 2.46 bits per heavy atom. The maximum atomic E-state index is 13.6. The number of alkyl halides is 4. The number of fused-ring (bicyclic) bond motifs is 1. The SMILES string of the molecule is CCSc1ccc([C@@H](CO)NC(=O)c2ccc3c(c2)cc(Cc2ccc(Cl)cc2C(F)(F)F)n3CCF)cc1. The number of hydrogen-bond donors (Lipinski definition) is 2. The van der Waals surface area contributed by atoms with Crippen LogP contribution in [0.2, 0.25) is 5.02 Å². The minimum Gasteiger partial charge on any atom is -0.394 e. The molecule has 0 radical (unpaired) electrons. The van der Waals surface area contributed by atoms with E-state index in [4.69, 9.17) is 11.6 Å². The number of nitrogens with one attached hydrogen (secondary N) is 1. The largest absolute Gasteiger partial charge is 0.416 e. The molecule has 4 rings (SSSR count). The van der Waals surface area contributed by atoms with E-state index in [-0.39, 0.29) is 30.2 Å². The molecule has 0 saturated heterocycles. The van der Waals surface area contributed by atoms with Crippen molar-refractivity contribution in [3.63, 3.8) is 0 Å². The molecule has 0 unspecified atom stereocenters. The maximum absolute atomic E-state index is 13.6. The van der Waals surface area contributed by atoms with E-state index in [1.54, 1.807) is 40.6 Å². The molecule has 0 fully saturated rings. The lowest BCUT2D eigenvalue weighted by atomic mass is 10.0. The van der Waals surface area contributed by atoms with E-state index in [1.165, 1.54) is 12.1 Å². The van der Waals surface area contributed by atoms with Gasteiger partial charge in [0.1, 0.15) is 6.67 Å². The van der Waals surface area contributed by atoms with Gasteiger partial charge in [-0.1, -0.05) is 36.7 Å². The highest BCUT2D eigenvalue weighted by atomic mass is 35.5. The van der Waals surface area contributed by atoms with Crippen LogP contribution in [0, 0.1) is 0 Å². The summed E-state index contributed by atoms with van der Waals surface area (Å²) in [6.45, 7) is 1.00. The van der Waals surface area contributed by atoms with Crippen molar-refractivity contribution < 1.29 is 27.5 Å². The van der Waals surface area contributed by atoms with Crippen molar-refractivity contribution in [2.24, 2.45) is 0 Å². The number of amides is 1. The number of carbonyl (C=O) groups excluding carboxylic acids is 1. The van der Waals surface area contributed by atoms with Gasteiger partial charge in [-0.2, -0.15) is 13.2 Å². The minimum atomic E-state index is -4.60. The number of aliphatic hydroxyl groups is 1. The van der Waals surface area contributed by atoms with Gasteiger partial charge in [-0.15, -0.1) is 11.8 Å².